The van der Waals surface area contributed by atoms with E-state index in [1.165, 1.54) is 12.1 Å². The summed E-state index contributed by atoms with van der Waals surface area (Å²) >= 11 is 0. The highest BCUT2D eigenvalue weighted by atomic mass is 19.1. The number of rotatable bonds is 5. The third kappa shape index (κ3) is 4.13. The van der Waals surface area contributed by atoms with E-state index in [-0.39, 0.29) is 12.4 Å². The minimum atomic E-state index is -0.635. The van der Waals surface area contributed by atoms with E-state index in [0.717, 1.165) is 11.6 Å². The lowest BCUT2D eigenvalue weighted by molar-refractivity contribution is -0.143. The van der Waals surface area contributed by atoms with Crippen LogP contribution in [0.25, 0.3) is 11.1 Å². The minimum absolute atomic E-state index is 0.0439. The fourth-order valence-corrected chi connectivity index (χ4v) is 2.39. The van der Waals surface area contributed by atoms with Gasteiger partial charge in [0.2, 0.25) is 0 Å². The molecular weight excluding hydrogens is 300 g/mol. The molecule has 5 heteroatoms. The predicted octanol–water partition coefficient (Wildman–Crippen LogP) is 3.89. The van der Waals surface area contributed by atoms with Crippen molar-refractivity contribution in [2.75, 3.05) is 6.61 Å². The number of carbonyl (C=O) groups is 1. The molecule has 0 spiro atoms. The number of ether oxygens (including phenoxy) is 1. The number of carbonyl (C=O) groups excluding carboxylic acids is 1. The molecule has 23 heavy (non-hydrogen) atoms. The second-order valence-electron chi connectivity index (χ2n) is 5.31. The normalized spacial score (nSPS) is 12.0. The van der Waals surface area contributed by atoms with Crippen LogP contribution >= 0.6 is 0 Å². The lowest BCUT2D eigenvalue weighted by Gasteiger charge is -2.15. The first-order valence-electron chi connectivity index (χ1n) is 7.39. The van der Waals surface area contributed by atoms with Crippen LogP contribution in [-0.2, 0) is 9.53 Å². The molecule has 2 N–H and O–H groups in total. The highest BCUT2D eigenvalue weighted by Crippen LogP contribution is 2.29. The van der Waals surface area contributed by atoms with Crippen LogP contribution in [0.1, 0.15) is 30.5 Å². The summed E-state index contributed by atoms with van der Waals surface area (Å²) in [5.74, 6) is -1.64. The van der Waals surface area contributed by atoms with E-state index in [1.54, 1.807) is 25.1 Å². The Morgan fingerprint density at radius 1 is 1.17 bits per heavy atom. The third-order valence-corrected chi connectivity index (χ3v) is 3.60. The Labute approximate surface area is 134 Å². The molecule has 0 aliphatic carbocycles. The molecule has 0 fully saturated rings. The van der Waals surface area contributed by atoms with Crippen LogP contribution < -0.4 is 5.73 Å². The first kappa shape index (κ1) is 17.1. The second-order valence-corrected chi connectivity index (χ2v) is 5.31. The number of hydrogen-bond donors (Lipinski definition) is 1. The zero-order chi connectivity index (χ0) is 17.0. The van der Waals surface area contributed by atoms with Crippen LogP contribution in [0.2, 0.25) is 0 Å². The van der Waals surface area contributed by atoms with Crippen molar-refractivity contribution < 1.29 is 18.3 Å². The molecule has 2 rings (SSSR count). The van der Waals surface area contributed by atoms with Gasteiger partial charge < -0.3 is 10.5 Å². The van der Waals surface area contributed by atoms with Crippen LogP contribution in [0, 0.1) is 18.6 Å². The molecule has 0 unspecified atom stereocenters. The summed E-state index contributed by atoms with van der Waals surface area (Å²) < 4.78 is 32.0. The maximum Gasteiger partial charge on any atom is 0.307 e. The van der Waals surface area contributed by atoms with Crippen LogP contribution in [0.4, 0.5) is 8.78 Å². The Morgan fingerprint density at radius 3 is 2.57 bits per heavy atom. The summed E-state index contributed by atoms with van der Waals surface area (Å²) in [5.41, 5.74) is 8.49. The summed E-state index contributed by atoms with van der Waals surface area (Å²) in [7, 11) is 0. The zero-order valence-electron chi connectivity index (χ0n) is 13.1. The summed E-state index contributed by atoms with van der Waals surface area (Å²) in [5, 5.41) is 0. The van der Waals surface area contributed by atoms with Crippen LogP contribution in [0.3, 0.4) is 0 Å². The van der Waals surface area contributed by atoms with E-state index in [4.69, 9.17) is 10.5 Å². The van der Waals surface area contributed by atoms with Crippen LogP contribution in [-0.4, -0.2) is 12.6 Å². The minimum Gasteiger partial charge on any atom is -0.466 e. The largest absolute Gasteiger partial charge is 0.466 e. The molecule has 3 nitrogen and oxygen atoms in total. The van der Waals surface area contributed by atoms with Crippen LogP contribution in [0.5, 0.6) is 0 Å². The van der Waals surface area contributed by atoms with Gasteiger partial charge in [-0.1, -0.05) is 12.1 Å². The van der Waals surface area contributed by atoms with E-state index in [1.807, 2.05) is 6.92 Å². The van der Waals surface area contributed by atoms with Gasteiger partial charge in [0.15, 0.2) is 0 Å². The summed E-state index contributed by atoms with van der Waals surface area (Å²) in [4.78, 5) is 11.5. The molecule has 0 radical (unpaired) electrons. The highest BCUT2D eigenvalue weighted by molar-refractivity contribution is 5.72. The molecule has 0 heterocycles. The smallest absolute Gasteiger partial charge is 0.307 e. The number of benzene rings is 2. The number of nitrogens with two attached hydrogens (primary N) is 1. The first-order chi connectivity index (χ1) is 10.9. The van der Waals surface area contributed by atoms with Gasteiger partial charge in [-0.2, -0.15) is 0 Å². The van der Waals surface area contributed by atoms with Crippen molar-refractivity contribution in [3.05, 3.63) is 59.2 Å². The predicted molar refractivity (Wildman–Crippen MR) is 84.7 cm³/mol. The van der Waals surface area contributed by atoms with Crippen molar-refractivity contribution in [3.63, 3.8) is 0 Å². The number of aryl methyl sites for hydroxylation is 1. The molecular formula is C18H19F2NO2. The van der Waals surface area contributed by atoms with Gasteiger partial charge in [0.25, 0.3) is 0 Å². The molecule has 0 bridgehead atoms. The second kappa shape index (κ2) is 7.33. The van der Waals surface area contributed by atoms with E-state index in [2.05, 4.69) is 0 Å². The molecule has 0 aliphatic heterocycles. The molecule has 0 saturated carbocycles. The Morgan fingerprint density at radius 2 is 1.91 bits per heavy atom. The van der Waals surface area contributed by atoms with Crippen molar-refractivity contribution in [1.82, 2.24) is 0 Å². The molecule has 122 valence electrons. The van der Waals surface area contributed by atoms with Crippen molar-refractivity contribution in [2.45, 2.75) is 26.3 Å². The lowest BCUT2D eigenvalue weighted by Crippen LogP contribution is -2.17. The van der Waals surface area contributed by atoms with Gasteiger partial charge in [-0.15, -0.1) is 0 Å². The van der Waals surface area contributed by atoms with Gasteiger partial charge in [-0.05, 0) is 48.7 Å². The van der Waals surface area contributed by atoms with E-state index >= 15 is 0 Å². The fraction of sp³-hybridized carbons (Fsp3) is 0.278. The van der Waals surface area contributed by atoms with Crippen molar-refractivity contribution >= 4 is 5.97 Å². The van der Waals surface area contributed by atoms with Crippen molar-refractivity contribution in [3.8, 4) is 11.1 Å². The quantitative estimate of drug-likeness (QED) is 0.851. The molecule has 2 aromatic rings. The zero-order valence-corrected chi connectivity index (χ0v) is 13.1. The average molecular weight is 319 g/mol. The molecule has 2 aromatic carbocycles. The number of hydrogen-bond acceptors (Lipinski definition) is 3. The molecule has 0 aromatic heterocycles. The highest BCUT2D eigenvalue weighted by Gasteiger charge is 2.15. The molecule has 0 saturated heterocycles. The SMILES string of the molecule is CCOC(=O)C[C@H](N)c1ccc(C)c(-c2ccc(F)cc2F)c1. The topological polar surface area (TPSA) is 52.3 Å². The number of esters is 1. The van der Waals surface area contributed by atoms with E-state index < -0.39 is 17.7 Å². The maximum absolute atomic E-state index is 14.0. The number of halogens is 2. The summed E-state index contributed by atoms with van der Waals surface area (Å²) in [6, 6.07) is 8.24. The van der Waals surface area contributed by atoms with Gasteiger partial charge in [0.05, 0.1) is 13.0 Å². The Hall–Kier alpha value is -2.27. The monoisotopic (exact) mass is 319 g/mol. The Bertz CT molecular complexity index is 716. The lowest BCUT2D eigenvalue weighted by atomic mass is 9.94. The molecule has 1 atom stereocenters. The maximum atomic E-state index is 14.0. The third-order valence-electron chi connectivity index (χ3n) is 3.60. The van der Waals surface area contributed by atoms with Crippen LogP contribution in [0.15, 0.2) is 36.4 Å². The Balaban J connectivity index is 2.33. The van der Waals surface area contributed by atoms with E-state index in [0.29, 0.717) is 23.3 Å². The van der Waals surface area contributed by atoms with Crippen molar-refractivity contribution in [1.29, 1.82) is 0 Å². The average Bonchev–Trinajstić information content (AvgIpc) is 2.48. The first-order valence-corrected chi connectivity index (χ1v) is 7.39. The van der Waals surface area contributed by atoms with Gasteiger partial charge in [-0.3, -0.25) is 4.79 Å². The summed E-state index contributed by atoms with van der Waals surface area (Å²) in [6.07, 6.45) is 0.0439. The van der Waals surface area contributed by atoms with Gasteiger partial charge >= 0.3 is 5.97 Å². The van der Waals surface area contributed by atoms with Crippen molar-refractivity contribution in [2.24, 2.45) is 5.73 Å². The van der Waals surface area contributed by atoms with Gasteiger partial charge in [0, 0.05) is 17.7 Å². The van der Waals surface area contributed by atoms with Gasteiger partial charge in [0.1, 0.15) is 11.6 Å². The van der Waals surface area contributed by atoms with E-state index in [9.17, 15) is 13.6 Å². The molecule has 0 aliphatic rings. The van der Waals surface area contributed by atoms with Gasteiger partial charge in [-0.25, -0.2) is 8.78 Å². The molecule has 0 amide bonds. The summed E-state index contributed by atoms with van der Waals surface area (Å²) in [6.45, 7) is 3.86. The standard InChI is InChI=1S/C18H19F2NO2/c1-3-23-18(22)10-17(21)12-5-4-11(2)15(8-12)14-7-6-13(19)9-16(14)20/h4-9,17H,3,10,21H2,1-2H3/t17-/m0/s1. The Kier molecular flexibility index (Phi) is 5.45. The fourth-order valence-electron chi connectivity index (χ4n) is 2.39.